The van der Waals surface area contributed by atoms with Crippen LogP contribution in [0.25, 0.3) is 0 Å². The Morgan fingerprint density at radius 2 is 2.24 bits per heavy atom. The van der Waals surface area contributed by atoms with Gasteiger partial charge in [0.15, 0.2) is 9.84 Å². The fourth-order valence-corrected chi connectivity index (χ4v) is 3.79. The number of ether oxygens (including phenoxy) is 1. The molecule has 0 spiro atoms. The van der Waals surface area contributed by atoms with E-state index in [0.29, 0.717) is 5.75 Å². The molecule has 0 radical (unpaired) electrons. The van der Waals surface area contributed by atoms with Gasteiger partial charge in [0.05, 0.1) is 18.6 Å². The van der Waals surface area contributed by atoms with Gasteiger partial charge in [-0.1, -0.05) is 0 Å². The third kappa shape index (κ3) is 3.70. The van der Waals surface area contributed by atoms with Gasteiger partial charge >= 0.3 is 5.97 Å². The van der Waals surface area contributed by atoms with E-state index < -0.39 is 33.4 Å². The van der Waals surface area contributed by atoms with Gasteiger partial charge in [0.1, 0.15) is 17.6 Å². The maximum absolute atomic E-state index is 13.8. The van der Waals surface area contributed by atoms with Crippen molar-refractivity contribution in [3.8, 4) is 5.75 Å². The number of hydrogen-bond acceptors (Lipinski definition) is 5. The zero-order chi connectivity index (χ0) is 15.6. The van der Waals surface area contributed by atoms with Gasteiger partial charge in [-0.2, -0.15) is 0 Å². The standard InChI is InChI=1S/C13H16FNO5S/c1-20-10-2-3-11(14)9(6-10)7-15-4-5-21(18,19)8-12(15)13(16)17/h2-3,6,12H,4-5,7-8H2,1H3,(H,16,17). The number of aliphatic carboxylic acids is 1. The summed E-state index contributed by atoms with van der Waals surface area (Å²) in [5.74, 6) is -1.81. The summed E-state index contributed by atoms with van der Waals surface area (Å²) < 4.78 is 41.9. The molecule has 0 saturated carbocycles. The van der Waals surface area contributed by atoms with Crippen molar-refractivity contribution in [2.45, 2.75) is 12.6 Å². The monoisotopic (exact) mass is 317 g/mol. The average Bonchev–Trinajstić information content (AvgIpc) is 2.42. The molecule has 1 heterocycles. The number of carboxylic acid groups (broad SMARTS) is 1. The highest BCUT2D eigenvalue weighted by Crippen LogP contribution is 2.21. The van der Waals surface area contributed by atoms with Gasteiger partial charge in [-0.25, -0.2) is 12.8 Å². The average molecular weight is 317 g/mol. The summed E-state index contributed by atoms with van der Waals surface area (Å²) >= 11 is 0. The third-order valence-corrected chi connectivity index (χ3v) is 5.08. The van der Waals surface area contributed by atoms with Crippen LogP contribution in [0.4, 0.5) is 4.39 Å². The SMILES string of the molecule is COc1ccc(F)c(CN2CCS(=O)(=O)CC2C(=O)O)c1. The second kappa shape index (κ2) is 5.98. The molecule has 0 bridgehead atoms. The summed E-state index contributed by atoms with van der Waals surface area (Å²) in [5, 5.41) is 9.16. The Balaban J connectivity index is 2.23. The number of halogens is 1. The molecule has 1 N–H and O–H groups in total. The molecule has 6 nitrogen and oxygen atoms in total. The first kappa shape index (κ1) is 15.7. The third-order valence-electron chi connectivity index (χ3n) is 3.45. The molecule has 1 aromatic carbocycles. The van der Waals surface area contributed by atoms with Gasteiger partial charge < -0.3 is 9.84 Å². The van der Waals surface area contributed by atoms with E-state index in [4.69, 9.17) is 9.84 Å². The minimum atomic E-state index is -3.37. The highest BCUT2D eigenvalue weighted by molar-refractivity contribution is 7.91. The van der Waals surface area contributed by atoms with Crippen molar-refractivity contribution < 1.29 is 27.4 Å². The molecule has 1 unspecified atom stereocenters. The lowest BCUT2D eigenvalue weighted by atomic mass is 10.1. The van der Waals surface area contributed by atoms with Gasteiger partial charge in [0.25, 0.3) is 0 Å². The molecule has 1 fully saturated rings. The Kier molecular flexibility index (Phi) is 4.48. The maximum Gasteiger partial charge on any atom is 0.321 e. The normalized spacial score (nSPS) is 21.9. The molecule has 116 valence electrons. The van der Waals surface area contributed by atoms with Crippen LogP contribution in [0, 0.1) is 5.82 Å². The number of sulfone groups is 1. The van der Waals surface area contributed by atoms with Crippen molar-refractivity contribution in [3.05, 3.63) is 29.6 Å². The number of carbonyl (C=O) groups is 1. The van der Waals surface area contributed by atoms with E-state index in [2.05, 4.69) is 0 Å². The maximum atomic E-state index is 13.8. The quantitative estimate of drug-likeness (QED) is 0.871. The second-order valence-electron chi connectivity index (χ2n) is 4.90. The molecule has 2 rings (SSSR count). The second-order valence-corrected chi connectivity index (χ2v) is 7.12. The predicted molar refractivity (Wildman–Crippen MR) is 73.4 cm³/mol. The van der Waals surface area contributed by atoms with Gasteiger partial charge in [0.2, 0.25) is 0 Å². The number of nitrogens with zero attached hydrogens (tertiary/aromatic N) is 1. The zero-order valence-corrected chi connectivity index (χ0v) is 12.3. The minimum absolute atomic E-state index is 0.0233. The Hall–Kier alpha value is -1.67. The van der Waals surface area contributed by atoms with E-state index in [0.717, 1.165) is 0 Å². The van der Waals surface area contributed by atoms with Crippen LogP contribution in [0.5, 0.6) is 5.75 Å². The van der Waals surface area contributed by atoms with E-state index in [9.17, 15) is 17.6 Å². The minimum Gasteiger partial charge on any atom is -0.497 e. The van der Waals surface area contributed by atoms with Crippen LogP contribution in [0.15, 0.2) is 18.2 Å². The van der Waals surface area contributed by atoms with Crippen molar-refractivity contribution in [3.63, 3.8) is 0 Å². The van der Waals surface area contributed by atoms with Crippen LogP contribution in [-0.4, -0.2) is 55.6 Å². The van der Waals surface area contributed by atoms with E-state index in [1.807, 2.05) is 0 Å². The molecule has 1 saturated heterocycles. The predicted octanol–water partition coefficient (Wildman–Crippen LogP) is 0.518. The van der Waals surface area contributed by atoms with Crippen LogP contribution in [0.1, 0.15) is 5.56 Å². The van der Waals surface area contributed by atoms with Crippen molar-refractivity contribution in [2.75, 3.05) is 25.2 Å². The van der Waals surface area contributed by atoms with Crippen LogP contribution in [0.3, 0.4) is 0 Å². The first-order chi connectivity index (χ1) is 9.82. The molecule has 0 aliphatic carbocycles. The molecular weight excluding hydrogens is 301 g/mol. The lowest BCUT2D eigenvalue weighted by Crippen LogP contribution is -2.51. The van der Waals surface area contributed by atoms with Crippen molar-refractivity contribution in [2.24, 2.45) is 0 Å². The first-order valence-corrected chi connectivity index (χ1v) is 8.14. The summed E-state index contributed by atoms with van der Waals surface area (Å²) in [6, 6.07) is 3.03. The molecule has 1 aromatic rings. The van der Waals surface area contributed by atoms with Crippen molar-refractivity contribution >= 4 is 15.8 Å². The molecular formula is C13H16FNO5S. The molecule has 8 heteroatoms. The number of methoxy groups -OCH3 is 1. The molecule has 0 aromatic heterocycles. The van der Waals surface area contributed by atoms with E-state index in [1.54, 1.807) is 0 Å². The number of carboxylic acids is 1. The highest BCUT2D eigenvalue weighted by Gasteiger charge is 2.36. The smallest absolute Gasteiger partial charge is 0.321 e. The van der Waals surface area contributed by atoms with Crippen LogP contribution >= 0.6 is 0 Å². The van der Waals surface area contributed by atoms with Gasteiger partial charge in [-0.3, -0.25) is 9.69 Å². The van der Waals surface area contributed by atoms with Crippen LogP contribution < -0.4 is 4.74 Å². The summed E-state index contributed by atoms with van der Waals surface area (Å²) in [4.78, 5) is 12.7. The highest BCUT2D eigenvalue weighted by atomic mass is 32.2. The van der Waals surface area contributed by atoms with Gasteiger partial charge in [0, 0.05) is 18.7 Å². The largest absolute Gasteiger partial charge is 0.497 e. The van der Waals surface area contributed by atoms with Gasteiger partial charge in [-0.15, -0.1) is 0 Å². The molecule has 1 atom stereocenters. The molecule has 1 aliphatic rings. The van der Waals surface area contributed by atoms with E-state index >= 15 is 0 Å². The zero-order valence-electron chi connectivity index (χ0n) is 11.5. The van der Waals surface area contributed by atoms with Crippen LogP contribution in [-0.2, 0) is 21.2 Å². The molecule has 1 aliphatic heterocycles. The summed E-state index contributed by atoms with van der Waals surface area (Å²) in [5.41, 5.74) is 0.278. The summed E-state index contributed by atoms with van der Waals surface area (Å²) in [6.07, 6.45) is 0. The van der Waals surface area contributed by atoms with E-state index in [-0.39, 0.29) is 24.4 Å². The lowest BCUT2D eigenvalue weighted by Gasteiger charge is -2.32. The first-order valence-electron chi connectivity index (χ1n) is 6.32. The van der Waals surface area contributed by atoms with Crippen LogP contribution in [0.2, 0.25) is 0 Å². The Labute approximate surface area is 122 Å². The topological polar surface area (TPSA) is 83.9 Å². The fourth-order valence-electron chi connectivity index (χ4n) is 2.28. The molecule has 21 heavy (non-hydrogen) atoms. The Morgan fingerprint density at radius 1 is 1.52 bits per heavy atom. The lowest BCUT2D eigenvalue weighted by molar-refractivity contribution is -0.142. The Bertz CT molecular complexity index is 646. The van der Waals surface area contributed by atoms with Crippen molar-refractivity contribution in [1.29, 1.82) is 0 Å². The Morgan fingerprint density at radius 3 is 2.86 bits per heavy atom. The molecule has 0 amide bonds. The number of benzene rings is 1. The summed E-state index contributed by atoms with van der Waals surface area (Å²) in [7, 11) is -1.92. The summed E-state index contributed by atoms with van der Waals surface area (Å²) in [6.45, 7) is 0.0888. The number of rotatable bonds is 4. The number of hydrogen-bond donors (Lipinski definition) is 1. The van der Waals surface area contributed by atoms with E-state index in [1.165, 1.54) is 30.2 Å². The van der Waals surface area contributed by atoms with Crippen molar-refractivity contribution in [1.82, 2.24) is 4.90 Å². The fraction of sp³-hybridized carbons (Fsp3) is 0.462. The van der Waals surface area contributed by atoms with Gasteiger partial charge in [-0.05, 0) is 18.2 Å².